The first kappa shape index (κ1) is 22.7. The molecule has 0 aliphatic carbocycles. The minimum atomic E-state index is -4.54. The summed E-state index contributed by atoms with van der Waals surface area (Å²) in [5, 5.41) is 0. The highest BCUT2D eigenvalue weighted by molar-refractivity contribution is 7.90. The molecule has 2 rings (SSSR count). The van der Waals surface area contributed by atoms with Crippen molar-refractivity contribution in [2.75, 3.05) is 12.9 Å². The average molecular weight is 431 g/mol. The monoisotopic (exact) mass is 431 g/mol. The lowest BCUT2D eigenvalue weighted by atomic mass is 10.1. The number of sulfone groups is 1. The molecule has 158 valence electrons. The minimum Gasteiger partial charge on any atom is -0.491 e. The van der Waals surface area contributed by atoms with Crippen LogP contribution >= 0.6 is 0 Å². The molecule has 0 spiro atoms. The van der Waals surface area contributed by atoms with Gasteiger partial charge >= 0.3 is 12.1 Å². The Kier molecular flexibility index (Phi) is 6.89. The van der Waals surface area contributed by atoms with Gasteiger partial charge in [-0.05, 0) is 31.2 Å². The van der Waals surface area contributed by atoms with Gasteiger partial charge in [0.05, 0.1) is 17.9 Å². The molecule has 10 heteroatoms. The highest BCUT2D eigenvalue weighted by Crippen LogP contribution is 2.36. The third kappa shape index (κ3) is 6.18. The number of carbonyl (C=O) groups is 1. The molecule has 0 saturated carbocycles. The van der Waals surface area contributed by atoms with Gasteiger partial charge in [-0.15, -0.1) is 0 Å². The van der Waals surface area contributed by atoms with Crippen molar-refractivity contribution in [1.29, 1.82) is 0 Å². The molecule has 1 aromatic heterocycles. The lowest BCUT2D eigenvalue weighted by Crippen LogP contribution is -2.16. The Labute approximate surface area is 166 Å². The van der Waals surface area contributed by atoms with Gasteiger partial charge in [0, 0.05) is 31.4 Å². The first-order valence-corrected chi connectivity index (χ1v) is 10.5. The predicted molar refractivity (Wildman–Crippen MR) is 99.1 cm³/mol. The smallest absolute Gasteiger partial charge is 0.417 e. The first-order chi connectivity index (χ1) is 13.4. The number of para-hydroxylation sites is 1. The highest BCUT2D eigenvalue weighted by atomic mass is 32.2. The van der Waals surface area contributed by atoms with Crippen molar-refractivity contribution in [2.24, 2.45) is 0 Å². The van der Waals surface area contributed by atoms with Crippen LogP contribution in [0.4, 0.5) is 13.2 Å². The molecule has 29 heavy (non-hydrogen) atoms. The van der Waals surface area contributed by atoms with Crippen LogP contribution in [0.25, 0.3) is 11.3 Å². The Morgan fingerprint density at radius 3 is 2.41 bits per heavy atom. The number of ether oxygens (including phenoxy) is 2. The van der Waals surface area contributed by atoms with E-state index in [1.165, 1.54) is 25.1 Å². The van der Waals surface area contributed by atoms with E-state index in [-0.39, 0.29) is 34.9 Å². The van der Waals surface area contributed by atoms with Crippen molar-refractivity contribution in [3.8, 4) is 17.0 Å². The van der Waals surface area contributed by atoms with Gasteiger partial charge in [-0.1, -0.05) is 6.07 Å². The standard InChI is InChI=1S/C19H20F3NO5S/c1-12(28-13(2)24)9-10-27-18-15(5-4-6-17(18)29(3,25)26)16-8-7-14(11-23-16)19(20,21)22/h4-8,11-12H,9-10H2,1-3H3/t12-/m1/s1. The molecule has 0 N–H and O–H groups in total. The molecule has 1 atom stereocenters. The molecular formula is C19H20F3NO5S. The van der Waals surface area contributed by atoms with Crippen LogP contribution in [-0.2, 0) is 25.5 Å². The number of esters is 1. The third-order valence-electron chi connectivity index (χ3n) is 3.88. The van der Waals surface area contributed by atoms with Crippen LogP contribution in [0.5, 0.6) is 5.75 Å². The Balaban J connectivity index is 2.38. The van der Waals surface area contributed by atoms with Crippen molar-refractivity contribution in [1.82, 2.24) is 4.98 Å². The SMILES string of the molecule is CC(=O)O[C@H](C)CCOc1c(-c2ccc(C(F)(F)F)cn2)cccc1S(C)(=O)=O. The van der Waals surface area contributed by atoms with Crippen molar-refractivity contribution >= 4 is 15.8 Å². The topological polar surface area (TPSA) is 82.6 Å². The highest BCUT2D eigenvalue weighted by Gasteiger charge is 2.31. The summed E-state index contributed by atoms with van der Waals surface area (Å²) >= 11 is 0. The van der Waals surface area contributed by atoms with Gasteiger partial charge in [0.15, 0.2) is 9.84 Å². The van der Waals surface area contributed by atoms with Crippen LogP contribution in [0.15, 0.2) is 41.4 Å². The fraction of sp³-hybridized carbons (Fsp3) is 0.368. The van der Waals surface area contributed by atoms with E-state index in [0.717, 1.165) is 18.4 Å². The molecule has 0 aliphatic heterocycles. The number of carbonyl (C=O) groups excluding carboxylic acids is 1. The van der Waals surface area contributed by atoms with E-state index in [1.54, 1.807) is 6.92 Å². The van der Waals surface area contributed by atoms with Gasteiger partial charge < -0.3 is 9.47 Å². The second kappa shape index (κ2) is 8.81. The van der Waals surface area contributed by atoms with Gasteiger partial charge in [0.25, 0.3) is 0 Å². The van der Waals surface area contributed by atoms with Crippen LogP contribution in [0.3, 0.4) is 0 Å². The number of nitrogens with zero attached hydrogens (tertiary/aromatic N) is 1. The largest absolute Gasteiger partial charge is 0.491 e. The van der Waals surface area contributed by atoms with E-state index in [1.807, 2.05) is 0 Å². The molecular weight excluding hydrogens is 411 g/mol. The molecule has 0 unspecified atom stereocenters. The summed E-state index contributed by atoms with van der Waals surface area (Å²) in [6.07, 6.45) is -3.02. The maximum absolute atomic E-state index is 12.8. The second-order valence-corrected chi connectivity index (χ2v) is 8.38. The maximum Gasteiger partial charge on any atom is 0.417 e. The van der Waals surface area contributed by atoms with E-state index in [2.05, 4.69) is 4.98 Å². The molecule has 0 aliphatic rings. The van der Waals surface area contributed by atoms with E-state index in [4.69, 9.17) is 9.47 Å². The Morgan fingerprint density at radius 1 is 1.21 bits per heavy atom. The maximum atomic E-state index is 12.8. The number of benzene rings is 1. The van der Waals surface area contributed by atoms with Crippen molar-refractivity contribution in [3.05, 3.63) is 42.1 Å². The Bertz CT molecular complexity index is 972. The molecule has 0 bridgehead atoms. The summed E-state index contributed by atoms with van der Waals surface area (Å²) in [5.41, 5.74) is -0.550. The summed E-state index contributed by atoms with van der Waals surface area (Å²) in [5.74, 6) is -0.471. The lowest BCUT2D eigenvalue weighted by Gasteiger charge is -2.17. The van der Waals surface area contributed by atoms with Gasteiger partial charge in [-0.3, -0.25) is 9.78 Å². The fourth-order valence-corrected chi connectivity index (χ4v) is 3.38. The van der Waals surface area contributed by atoms with Gasteiger partial charge in [0.2, 0.25) is 0 Å². The number of hydrogen-bond acceptors (Lipinski definition) is 6. The summed E-state index contributed by atoms with van der Waals surface area (Å²) in [4.78, 5) is 14.7. The quantitative estimate of drug-likeness (QED) is 0.619. The lowest BCUT2D eigenvalue weighted by molar-refractivity contribution is -0.146. The zero-order valence-corrected chi connectivity index (χ0v) is 16.8. The average Bonchev–Trinajstić information content (AvgIpc) is 2.59. The van der Waals surface area contributed by atoms with Crippen LogP contribution in [0, 0.1) is 0 Å². The van der Waals surface area contributed by atoms with E-state index in [0.29, 0.717) is 6.20 Å². The number of aromatic nitrogens is 1. The normalized spacial score (nSPS) is 13.0. The predicted octanol–water partition coefficient (Wildman–Crippen LogP) is 3.89. The number of hydrogen-bond donors (Lipinski definition) is 0. The van der Waals surface area contributed by atoms with E-state index < -0.39 is 33.7 Å². The zero-order chi connectivity index (χ0) is 21.8. The first-order valence-electron chi connectivity index (χ1n) is 8.56. The summed E-state index contributed by atoms with van der Waals surface area (Å²) < 4.78 is 73.3. The molecule has 6 nitrogen and oxygen atoms in total. The summed E-state index contributed by atoms with van der Waals surface area (Å²) in [6.45, 7) is 2.95. The molecule has 2 aromatic rings. The van der Waals surface area contributed by atoms with Crippen molar-refractivity contribution in [2.45, 2.75) is 37.4 Å². The summed E-state index contributed by atoms with van der Waals surface area (Å²) in [7, 11) is -3.68. The number of pyridine rings is 1. The Hall–Kier alpha value is -2.62. The summed E-state index contributed by atoms with van der Waals surface area (Å²) in [6, 6.07) is 6.32. The van der Waals surface area contributed by atoms with Crippen molar-refractivity contribution < 1.29 is 35.9 Å². The van der Waals surface area contributed by atoms with Crippen LogP contribution in [0.2, 0.25) is 0 Å². The van der Waals surface area contributed by atoms with E-state index >= 15 is 0 Å². The van der Waals surface area contributed by atoms with Gasteiger partial charge in [-0.25, -0.2) is 8.42 Å². The second-order valence-electron chi connectivity index (χ2n) is 6.39. The molecule has 0 amide bonds. The third-order valence-corrected chi connectivity index (χ3v) is 5.00. The number of halogens is 3. The van der Waals surface area contributed by atoms with Crippen LogP contribution in [-0.4, -0.2) is 38.3 Å². The van der Waals surface area contributed by atoms with Crippen molar-refractivity contribution in [3.63, 3.8) is 0 Å². The molecule has 0 saturated heterocycles. The molecule has 1 heterocycles. The fourth-order valence-electron chi connectivity index (χ4n) is 2.55. The van der Waals surface area contributed by atoms with Gasteiger partial charge in [0.1, 0.15) is 16.7 Å². The molecule has 1 aromatic carbocycles. The minimum absolute atomic E-state index is 0.0164. The van der Waals surface area contributed by atoms with E-state index in [9.17, 15) is 26.4 Å². The van der Waals surface area contributed by atoms with Gasteiger partial charge in [-0.2, -0.15) is 13.2 Å². The Morgan fingerprint density at radius 2 is 1.90 bits per heavy atom. The molecule has 0 radical (unpaired) electrons. The van der Waals surface area contributed by atoms with Crippen LogP contribution < -0.4 is 4.74 Å². The number of rotatable bonds is 7. The van der Waals surface area contributed by atoms with Crippen LogP contribution in [0.1, 0.15) is 25.8 Å². The molecule has 0 fully saturated rings. The number of alkyl halides is 3. The zero-order valence-electron chi connectivity index (χ0n) is 16.0.